The third kappa shape index (κ3) is 2.82. The summed E-state index contributed by atoms with van der Waals surface area (Å²) in [6.07, 6.45) is 1.84. The van der Waals surface area contributed by atoms with Crippen LogP contribution in [0, 0.1) is 11.3 Å². The summed E-state index contributed by atoms with van der Waals surface area (Å²) in [5.74, 6) is 1.26. The number of rotatable bonds is 4. The Bertz CT molecular complexity index is 946. The van der Waals surface area contributed by atoms with E-state index in [-0.39, 0.29) is 0 Å². The van der Waals surface area contributed by atoms with E-state index in [0.29, 0.717) is 17.1 Å². The molecular weight excluding hydrogens is 298 g/mol. The van der Waals surface area contributed by atoms with Gasteiger partial charge in [-0.25, -0.2) is 0 Å². The predicted molar refractivity (Wildman–Crippen MR) is 97.0 cm³/mol. The van der Waals surface area contributed by atoms with Gasteiger partial charge < -0.3 is 9.47 Å². The largest absolute Gasteiger partial charge is 0.493 e. The third-order valence-electron chi connectivity index (χ3n) is 3.93. The molecule has 0 saturated heterocycles. The molecule has 118 valence electrons. The van der Waals surface area contributed by atoms with Crippen molar-refractivity contribution in [2.45, 2.75) is 0 Å². The summed E-state index contributed by atoms with van der Waals surface area (Å²) in [5, 5.41) is 11.9. The van der Waals surface area contributed by atoms with E-state index in [2.05, 4.69) is 6.07 Å². The molecule has 0 N–H and O–H groups in total. The molecule has 0 fully saturated rings. The van der Waals surface area contributed by atoms with E-state index in [4.69, 9.17) is 9.47 Å². The molecule has 0 radical (unpaired) electrons. The molecule has 0 bridgehead atoms. The van der Waals surface area contributed by atoms with Gasteiger partial charge in [0.05, 0.1) is 25.9 Å². The number of nitriles is 1. The second-order valence-corrected chi connectivity index (χ2v) is 5.28. The highest BCUT2D eigenvalue weighted by atomic mass is 16.5. The maximum atomic E-state index is 9.70. The van der Waals surface area contributed by atoms with E-state index in [1.165, 1.54) is 0 Å². The van der Waals surface area contributed by atoms with Crippen molar-refractivity contribution in [3.63, 3.8) is 0 Å². The first-order valence-electron chi connectivity index (χ1n) is 7.59. The molecule has 24 heavy (non-hydrogen) atoms. The quantitative estimate of drug-likeness (QED) is 0.507. The van der Waals surface area contributed by atoms with E-state index >= 15 is 0 Å². The molecule has 0 atom stereocenters. The highest BCUT2D eigenvalue weighted by Gasteiger charge is 2.11. The maximum Gasteiger partial charge on any atom is 0.167 e. The molecule has 3 nitrogen and oxygen atoms in total. The van der Waals surface area contributed by atoms with Gasteiger partial charge in [0.25, 0.3) is 0 Å². The summed E-state index contributed by atoms with van der Waals surface area (Å²) in [5.41, 5.74) is 2.29. The van der Waals surface area contributed by atoms with Crippen molar-refractivity contribution in [2.75, 3.05) is 14.2 Å². The Morgan fingerprint density at radius 2 is 1.67 bits per heavy atom. The molecule has 0 aromatic heterocycles. The minimum absolute atomic E-state index is 0.582. The fourth-order valence-electron chi connectivity index (χ4n) is 2.81. The number of para-hydroxylation sites is 1. The topological polar surface area (TPSA) is 42.2 Å². The number of fused-ring (bicyclic) bond motifs is 1. The molecule has 3 aromatic rings. The third-order valence-corrected chi connectivity index (χ3v) is 3.93. The van der Waals surface area contributed by atoms with E-state index in [1.54, 1.807) is 14.2 Å². The molecular formula is C21H17NO2. The smallest absolute Gasteiger partial charge is 0.167 e. The molecule has 0 saturated carbocycles. The van der Waals surface area contributed by atoms with Gasteiger partial charge in [-0.2, -0.15) is 5.26 Å². The Balaban J connectivity index is 2.19. The van der Waals surface area contributed by atoms with Crippen LogP contribution in [0.25, 0.3) is 22.4 Å². The van der Waals surface area contributed by atoms with Crippen molar-refractivity contribution in [1.29, 1.82) is 5.26 Å². The number of benzene rings is 3. The summed E-state index contributed by atoms with van der Waals surface area (Å²) >= 11 is 0. The number of allylic oxidation sites excluding steroid dienone is 1. The van der Waals surface area contributed by atoms with Crippen LogP contribution in [-0.4, -0.2) is 14.2 Å². The Morgan fingerprint density at radius 1 is 0.917 bits per heavy atom. The summed E-state index contributed by atoms with van der Waals surface area (Å²) in [7, 11) is 3.19. The molecule has 0 heterocycles. The fourth-order valence-corrected chi connectivity index (χ4v) is 2.81. The number of nitrogens with zero attached hydrogens (tertiary/aromatic N) is 1. The highest BCUT2D eigenvalue weighted by molar-refractivity contribution is 6.02. The van der Waals surface area contributed by atoms with Crippen molar-refractivity contribution in [3.8, 4) is 17.6 Å². The Morgan fingerprint density at radius 3 is 2.42 bits per heavy atom. The second-order valence-electron chi connectivity index (χ2n) is 5.28. The second kappa shape index (κ2) is 6.89. The van der Waals surface area contributed by atoms with Crippen molar-refractivity contribution >= 4 is 22.4 Å². The van der Waals surface area contributed by atoms with Gasteiger partial charge in [0.15, 0.2) is 11.5 Å². The fraction of sp³-hybridized carbons (Fsp3) is 0.0952. The van der Waals surface area contributed by atoms with Gasteiger partial charge in [-0.3, -0.25) is 0 Å². The van der Waals surface area contributed by atoms with Crippen LogP contribution in [0.5, 0.6) is 11.5 Å². The van der Waals surface area contributed by atoms with E-state index in [1.807, 2.05) is 66.7 Å². The number of hydrogen-bond donors (Lipinski definition) is 0. The van der Waals surface area contributed by atoms with Crippen LogP contribution in [0.3, 0.4) is 0 Å². The summed E-state index contributed by atoms with van der Waals surface area (Å²) < 4.78 is 10.8. The molecule has 3 heteroatoms. The first kappa shape index (κ1) is 15.6. The lowest BCUT2D eigenvalue weighted by Gasteiger charge is -2.11. The molecule has 3 aromatic carbocycles. The zero-order valence-electron chi connectivity index (χ0n) is 13.6. The number of methoxy groups -OCH3 is 2. The van der Waals surface area contributed by atoms with Crippen LogP contribution in [0.15, 0.2) is 60.7 Å². The zero-order valence-corrected chi connectivity index (χ0v) is 13.6. The monoisotopic (exact) mass is 315 g/mol. The van der Waals surface area contributed by atoms with Crippen molar-refractivity contribution < 1.29 is 9.47 Å². The van der Waals surface area contributed by atoms with Crippen molar-refractivity contribution in [2.24, 2.45) is 0 Å². The minimum atomic E-state index is 0.582. The zero-order chi connectivity index (χ0) is 16.9. The Kier molecular flexibility index (Phi) is 4.49. The van der Waals surface area contributed by atoms with Gasteiger partial charge in [0.1, 0.15) is 0 Å². The van der Waals surface area contributed by atoms with Crippen LogP contribution in [0.2, 0.25) is 0 Å². The van der Waals surface area contributed by atoms with Gasteiger partial charge in [-0.05, 0) is 22.9 Å². The predicted octanol–water partition coefficient (Wildman–Crippen LogP) is 4.92. The maximum absolute atomic E-state index is 9.70. The van der Waals surface area contributed by atoms with Gasteiger partial charge in [0.2, 0.25) is 0 Å². The molecule has 0 unspecified atom stereocenters. The Hall–Kier alpha value is -3.25. The molecule has 0 spiro atoms. The summed E-state index contributed by atoms with van der Waals surface area (Å²) in [6, 6.07) is 21.9. The summed E-state index contributed by atoms with van der Waals surface area (Å²) in [4.78, 5) is 0. The lowest BCUT2D eigenvalue weighted by atomic mass is 9.97. The van der Waals surface area contributed by atoms with Gasteiger partial charge in [0, 0.05) is 11.1 Å². The lowest BCUT2D eigenvalue weighted by Crippen LogP contribution is -1.93. The number of ether oxygens (including phenoxy) is 2. The van der Waals surface area contributed by atoms with Crippen LogP contribution in [-0.2, 0) is 0 Å². The Labute approximate surface area is 141 Å². The van der Waals surface area contributed by atoms with E-state index < -0.39 is 0 Å². The highest BCUT2D eigenvalue weighted by Crippen LogP contribution is 2.34. The molecule has 3 rings (SSSR count). The van der Waals surface area contributed by atoms with Crippen LogP contribution in [0.1, 0.15) is 11.1 Å². The van der Waals surface area contributed by atoms with Crippen LogP contribution < -0.4 is 9.47 Å². The lowest BCUT2D eigenvalue weighted by molar-refractivity contribution is 0.354. The number of hydrogen-bond acceptors (Lipinski definition) is 3. The summed E-state index contributed by atoms with van der Waals surface area (Å²) in [6.45, 7) is 0. The SMILES string of the molecule is COc1cccc(/C=C(/C#N)c2cccc3ccccc23)c1OC. The van der Waals surface area contributed by atoms with Crippen molar-refractivity contribution in [1.82, 2.24) is 0 Å². The first-order valence-corrected chi connectivity index (χ1v) is 7.59. The molecule has 0 amide bonds. The van der Waals surface area contributed by atoms with Gasteiger partial charge in [-0.15, -0.1) is 0 Å². The first-order chi connectivity index (χ1) is 11.8. The van der Waals surface area contributed by atoms with Gasteiger partial charge in [-0.1, -0.05) is 54.6 Å². The van der Waals surface area contributed by atoms with E-state index in [0.717, 1.165) is 21.9 Å². The van der Waals surface area contributed by atoms with E-state index in [9.17, 15) is 5.26 Å². The average Bonchev–Trinajstić information content (AvgIpc) is 2.65. The standard InChI is InChI=1S/C21H17NO2/c1-23-20-12-6-9-16(21(20)24-2)13-17(14-22)19-11-5-8-15-7-3-4-10-18(15)19/h3-13H,1-2H3/b17-13-. The average molecular weight is 315 g/mol. The normalized spacial score (nSPS) is 11.1. The van der Waals surface area contributed by atoms with Crippen LogP contribution in [0.4, 0.5) is 0 Å². The molecule has 0 aliphatic rings. The minimum Gasteiger partial charge on any atom is -0.493 e. The molecule has 0 aliphatic heterocycles. The molecule has 0 aliphatic carbocycles. The van der Waals surface area contributed by atoms with Gasteiger partial charge >= 0.3 is 0 Å². The van der Waals surface area contributed by atoms with Crippen LogP contribution >= 0.6 is 0 Å². The van der Waals surface area contributed by atoms with Crippen molar-refractivity contribution in [3.05, 3.63) is 71.8 Å².